The van der Waals surface area contributed by atoms with Gasteiger partial charge in [-0.3, -0.25) is 0 Å². The summed E-state index contributed by atoms with van der Waals surface area (Å²) in [7, 11) is -0.626. The molecule has 0 aromatic heterocycles. The maximum absolute atomic E-state index is 11.3. The first-order valence-electron chi connectivity index (χ1n) is 6.12. The van der Waals surface area contributed by atoms with E-state index in [1.807, 2.05) is 0 Å². The van der Waals surface area contributed by atoms with E-state index in [2.05, 4.69) is 13.8 Å². The molecule has 1 atom stereocenters. The van der Waals surface area contributed by atoms with E-state index in [0.717, 1.165) is 25.7 Å². The molecule has 0 amide bonds. The molecule has 2 N–H and O–H groups in total. The molecule has 5 heteroatoms. The Kier molecular flexibility index (Phi) is 10.1. The number of hydrogen-bond donors (Lipinski definition) is 1. The Morgan fingerprint density at radius 3 is 1.94 bits per heavy atom. The van der Waals surface area contributed by atoms with Crippen LogP contribution in [0.4, 0.5) is 0 Å². The standard InChI is InChI=1S/C11H24NO3P/c1-3-5-9-14-11(16-13,7-8-12)15-10-6-4-2/h3-10,12H2,1-2H3/p+1. The maximum Gasteiger partial charge on any atom is 0.391 e. The van der Waals surface area contributed by atoms with E-state index in [0.29, 0.717) is 26.2 Å². The predicted molar refractivity (Wildman–Crippen MR) is 67.1 cm³/mol. The van der Waals surface area contributed by atoms with Gasteiger partial charge in [0.2, 0.25) is 0 Å². The van der Waals surface area contributed by atoms with E-state index < -0.39 is 14.0 Å². The molecule has 0 bridgehead atoms. The molecule has 0 rings (SSSR count). The molecule has 0 aliphatic carbocycles. The Hall–Kier alpha value is -0.0200. The lowest BCUT2D eigenvalue weighted by Crippen LogP contribution is -2.33. The lowest BCUT2D eigenvalue weighted by molar-refractivity contribution is -0.178. The molecule has 16 heavy (non-hydrogen) atoms. The third kappa shape index (κ3) is 6.54. The average molecular weight is 250 g/mol. The van der Waals surface area contributed by atoms with Crippen LogP contribution in [0.25, 0.3) is 0 Å². The Morgan fingerprint density at radius 1 is 1.12 bits per heavy atom. The molecule has 96 valence electrons. The molecule has 4 nitrogen and oxygen atoms in total. The molecule has 0 heterocycles. The van der Waals surface area contributed by atoms with Crippen molar-refractivity contribution in [1.29, 1.82) is 0 Å². The van der Waals surface area contributed by atoms with E-state index in [9.17, 15) is 4.57 Å². The fourth-order valence-corrected chi connectivity index (χ4v) is 1.82. The van der Waals surface area contributed by atoms with Crippen molar-refractivity contribution in [2.75, 3.05) is 19.8 Å². The van der Waals surface area contributed by atoms with Crippen LogP contribution in [-0.2, 0) is 14.0 Å². The number of rotatable bonds is 11. The third-order valence-electron chi connectivity index (χ3n) is 2.30. The van der Waals surface area contributed by atoms with Gasteiger partial charge in [0.1, 0.15) is 0 Å². The van der Waals surface area contributed by atoms with Crippen molar-refractivity contribution in [3.8, 4) is 0 Å². The summed E-state index contributed by atoms with van der Waals surface area (Å²) in [6.45, 7) is 5.76. The summed E-state index contributed by atoms with van der Waals surface area (Å²) in [6.07, 6.45) is 4.50. The first-order valence-corrected chi connectivity index (χ1v) is 7.02. The second-order valence-corrected chi connectivity index (χ2v) is 4.76. The quantitative estimate of drug-likeness (QED) is 0.348. The summed E-state index contributed by atoms with van der Waals surface area (Å²) in [4.78, 5) is 0. The van der Waals surface area contributed by atoms with Gasteiger partial charge in [0, 0.05) is 6.54 Å². The minimum absolute atomic E-state index is 0.424. The Labute approximate surface area is 100 Å². The van der Waals surface area contributed by atoms with E-state index in [1.165, 1.54) is 0 Å². The van der Waals surface area contributed by atoms with Crippen molar-refractivity contribution in [2.45, 2.75) is 51.5 Å². The number of hydrogen-bond acceptors (Lipinski definition) is 4. The zero-order valence-electron chi connectivity index (χ0n) is 10.5. The van der Waals surface area contributed by atoms with E-state index in [1.54, 1.807) is 0 Å². The zero-order chi connectivity index (χ0) is 12.3. The van der Waals surface area contributed by atoms with Crippen molar-refractivity contribution in [3.63, 3.8) is 0 Å². The summed E-state index contributed by atoms with van der Waals surface area (Å²) >= 11 is 0. The lowest BCUT2D eigenvalue weighted by atomic mass is 10.3. The van der Waals surface area contributed by atoms with Crippen LogP contribution in [0.5, 0.6) is 0 Å². The predicted octanol–water partition coefficient (Wildman–Crippen LogP) is 2.65. The van der Waals surface area contributed by atoms with Gasteiger partial charge in [0.25, 0.3) is 0 Å². The summed E-state index contributed by atoms with van der Waals surface area (Å²) in [5, 5.41) is 0. The molecule has 0 aromatic rings. The molecule has 0 radical (unpaired) electrons. The van der Waals surface area contributed by atoms with E-state index in [4.69, 9.17) is 15.2 Å². The minimum Gasteiger partial charge on any atom is -0.330 e. The van der Waals surface area contributed by atoms with Crippen molar-refractivity contribution in [1.82, 2.24) is 0 Å². The van der Waals surface area contributed by atoms with Gasteiger partial charge in [-0.25, -0.2) is 0 Å². The van der Waals surface area contributed by atoms with Gasteiger partial charge in [0.05, 0.1) is 19.6 Å². The fourth-order valence-electron chi connectivity index (χ4n) is 1.25. The highest BCUT2D eigenvalue weighted by Crippen LogP contribution is 2.30. The molecule has 0 aliphatic heterocycles. The summed E-state index contributed by atoms with van der Waals surface area (Å²) in [5.41, 5.74) is 4.54. The van der Waals surface area contributed by atoms with Gasteiger partial charge in [-0.15, -0.1) is 0 Å². The molecular weight excluding hydrogens is 225 g/mol. The average Bonchev–Trinajstić information content (AvgIpc) is 2.29. The van der Waals surface area contributed by atoms with Gasteiger partial charge in [0.15, 0.2) is 0 Å². The Balaban J connectivity index is 4.14. The Bertz CT molecular complexity index is 169. The van der Waals surface area contributed by atoms with Crippen molar-refractivity contribution < 1.29 is 14.0 Å². The first-order chi connectivity index (χ1) is 7.74. The Morgan fingerprint density at radius 2 is 1.62 bits per heavy atom. The number of ether oxygens (including phenoxy) is 2. The summed E-state index contributed by atoms with van der Waals surface area (Å²) in [5.74, 6) is 0. The van der Waals surface area contributed by atoms with Gasteiger partial charge in [-0.1, -0.05) is 31.3 Å². The second-order valence-electron chi connectivity index (χ2n) is 3.80. The maximum atomic E-state index is 11.3. The largest absolute Gasteiger partial charge is 0.391 e. The van der Waals surface area contributed by atoms with E-state index >= 15 is 0 Å². The zero-order valence-corrected chi connectivity index (χ0v) is 11.5. The first kappa shape index (κ1) is 16.0. The molecule has 1 unspecified atom stereocenters. The molecule has 0 fully saturated rings. The summed E-state index contributed by atoms with van der Waals surface area (Å²) in [6, 6.07) is 0. The van der Waals surface area contributed by atoms with E-state index in [-0.39, 0.29) is 0 Å². The fraction of sp³-hybridized carbons (Fsp3) is 1.00. The van der Waals surface area contributed by atoms with Gasteiger partial charge >= 0.3 is 14.0 Å². The van der Waals surface area contributed by atoms with Crippen LogP contribution in [0.3, 0.4) is 0 Å². The summed E-state index contributed by atoms with van der Waals surface area (Å²) < 4.78 is 22.5. The van der Waals surface area contributed by atoms with Crippen LogP contribution in [0.2, 0.25) is 0 Å². The van der Waals surface area contributed by atoms with Crippen molar-refractivity contribution in [2.24, 2.45) is 5.73 Å². The van der Waals surface area contributed by atoms with Gasteiger partial charge < -0.3 is 15.2 Å². The smallest absolute Gasteiger partial charge is 0.330 e. The van der Waals surface area contributed by atoms with Gasteiger partial charge in [-0.2, -0.15) is 0 Å². The topological polar surface area (TPSA) is 61.6 Å². The van der Waals surface area contributed by atoms with Crippen molar-refractivity contribution >= 4 is 8.46 Å². The normalized spacial score (nSPS) is 12.2. The SMILES string of the molecule is CCCCOC(CCN)(OCCCC)[PH+]=O. The van der Waals surface area contributed by atoms with Gasteiger partial charge in [-0.05, 0) is 12.8 Å². The molecule has 0 saturated heterocycles. The second kappa shape index (κ2) is 10.2. The number of nitrogens with two attached hydrogens (primary N) is 1. The van der Waals surface area contributed by atoms with Crippen LogP contribution in [0, 0.1) is 0 Å². The minimum atomic E-state index is -0.959. The van der Waals surface area contributed by atoms with Crippen LogP contribution >= 0.6 is 8.46 Å². The molecule has 0 spiro atoms. The third-order valence-corrected chi connectivity index (χ3v) is 3.14. The molecular formula is C11H25NO3P+. The van der Waals surface area contributed by atoms with Crippen LogP contribution in [0.15, 0.2) is 0 Å². The highest BCUT2D eigenvalue weighted by atomic mass is 31.1. The monoisotopic (exact) mass is 250 g/mol. The van der Waals surface area contributed by atoms with Crippen LogP contribution < -0.4 is 5.73 Å². The lowest BCUT2D eigenvalue weighted by Gasteiger charge is -2.21. The van der Waals surface area contributed by atoms with Crippen molar-refractivity contribution in [3.05, 3.63) is 0 Å². The van der Waals surface area contributed by atoms with Crippen LogP contribution in [-0.4, -0.2) is 25.3 Å². The number of unbranched alkanes of at least 4 members (excludes halogenated alkanes) is 2. The highest BCUT2D eigenvalue weighted by molar-refractivity contribution is 7.25. The highest BCUT2D eigenvalue weighted by Gasteiger charge is 2.40. The van der Waals surface area contributed by atoms with Crippen LogP contribution in [0.1, 0.15) is 46.0 Å². The molecule has 0 saturated carbocycles. The molecule has 0 aliphatic rings. The molecule has 0 aromatic carbocycles.